The van der Waals surface area contributed by atoms with E-state index >= 15 is 0 Å². The molecule has 0 fully saturated rings. The summed E-state index contributed by atoms with van der Waals surface area (Å²) in [6.07, 6.45) is 2.90. The highest BCUT2D eigenvalue weighted by molar-refractivity contribution is 5.33. The van der Waals surface area contributed by atoms with Crippen molar-refractivity contribution in [2.24, 2.45) is 0 Å². The van der Waals surface area contributed by atoms with Crippen LogP contribution in [0, 0.1) is 0 Å². The maximum atomic E-state index is 5.59. The normalized spacial score (nSPS) is 12.1. The minimum atomic E-state index is 0.535. The number of hydrogen-bond donors (Lipinski definition) is 1. The fourth-order valence-electron chi connectivity index (χ4n) is 1.37. The Labute approximate surface area is 98.3 Å². The summed E-state index contributed by atoms with van der Waals surface area (Å²) in [5, 5.41) is 3.46. The molecule has 1 aromatic carbocycles. The molecule has 2 nitrogen and oxygen atoms in total. The Bertz CT molecular complexity index is 322. The highest BCUT2D eigenvalue weighted by atomic mass is 16.5. The van der Waals surface area contributed by atoms with E-state index in [0.717, 1.165) is 18.7 Å². The first-order valence-corrected chi connectivity index (χ1v) is 5.83. The van der Waals surface area contributed by atoms with Gasteiger partial charge in [-0.2, -0.15) is 0 Å². The molecule has 0 heterocycles. The van der Waals surface area contributed by atoms with Gasteiger partial charge in [-0.3, -0.25) is 0 Å². The molecule has 2 heteroatoms. The van der Waals surface area contributed by atoms with Crippen LogP contribution in [0.1, 0.15) is 25.8 Å². The quantitative estimate of drug-likeness (QED) is 0.711. The minimum Gasteiger partial charge on any atom is -0.489 e. The Morgan fingerprint density at radius 3 is 2.88 bits per heavy atom. The number of nitrogens with one attached hydrogen (secondary N) is 1. The molecule has 0 unspecified atom stereocenters. The lowest BCUT2D eigenvalue weighted by atomic mass is 10.2. The van der Waals surface area contributed by atoms with Gasteiger partial charge < -0.3 is 10.1 Å². The average molecular weight is 219 g/mol. The molecule has 0 aliphatic carbocycles. The van der Waals surface area contributed by atoms with E-state index in [4.69, 9.17) is 4.74 Å². The van der Waals surface area contributed by atoms with Crippen LogP contribution in [0.4, 0.5) is 0 Å². The van der Waals surface area contributed by atoms with Crippen molar-refractivity contribution in [1.29, 1.82) is 0 Å². The molecular weight excluding hydrogens is 198 g/mol. The zero-order valence-corrected chi connectivity index (χ0v) is 10.2. The van der Waals surface area contributed by atoms with Crippen LogP contribution in [-0.2, 0) is 6.54 Å². The van der Waals surface area contributed by atoms with E-state index in [-0.39, 0.29) is 0 Å². The number of benzene rings is 1. The van der Waals surface area contributed by atoms with E-state index < -0.39 is 0 Å². The van der Waals surface area contributed by atoms with Gasteiger partial charge in [0.15, 0.2) is 0 Å². The van der Waals surface area contributed by atoms with Gasteiger partial charge in [0.1, 0.15) is 12.4 Å². The Kier molecular flexibility index (Phi) is 5.65. The number of para-hydroxylation sites is 1. The summed E-state index contributed by atoms with van der Waals surface area (Å²) in [4.78, 5) is 0. The second kappa shape index (κ2) is 7.07. The molecule has 0 amide bonds. The Morgan fingerprint density at radius 2 is 2.19 bits per heavy atom. The standard InChI is InChI=1S/C14H21NO/c1-4-10-16-14-9-7-6-8-13(14)11-15-12(3)5-2/h4,6-9,12,15H,1,5,10-11H2,2-3H3/t12-/m0/s1. The summed E-state index contributed by atoms with van der Waals surface area (Å²) < 4.78 is 5.59. The summed E-state index contributed by atoms with van der Waals surface area (Å²) in [6.45, 7) is 9.42. The highest BCUT2D eigenvalue weighted by Crippen LogP contribution is 2.17. The molecular formula is C14H21NO. The molecule has 88 valence electrons. The third-order valence-electron chi connectivity index (χ3n) is 2.58. The van der Waals surface area contributed by atoms with Gasteiger partial charge in [0.2, 0.25) is 0 Å². The number of ether oxygens (including phenoxy) is 1. The predicted octanol–water partition coefficient (Wildman–Crippen LogP) is 3.14. The van der Waals surface area contributed by atoms with Gasteiger partial charge in [0.25, 0.3) is 0 Å². The van der Waals surface area contributed by atoms with Gasteiger partial charge >= 0.3 is 0 Å². The fraction of sp³-hybridized carbons (Fsp3) is 0.429. The van der Waals surface area contributed by atoms with E-state index in [1.807, 2.05) is 18.2 Å². The summed E-state index contributed by atoms with van der Waals surface area (Å²) in [6, 6.07) is 8.65. The summed E-state index contributed by atoms with van der Waals surface area (Å²) in [5.41, 5.74) is 1.20. The number of hydrogen-bond acceptors (Lipinski definition) is 2. The summed E-state index contributed by atoms with van der Waals surface area (Å²) in [7, 11) is 0. The van der Waals surface area contributed by atoms with Crippen LogP contribution in [0.25, 0.3) is 0 Å². The first kappa shape index (κ1) is 12.8. The molecule has 0 radical (unpaired) electrons. The van der Waals surface area contributed by atoms with Gasteiger partial charge in [0, 0.05) is 18.2 Å². The van der Waals surface area contributed by atoms with E-state index in [2.05, 4.69) is 31.8 Å². The van der Waals surface area contributed by atoms with Crippen molar-refractivity contribution in [3.63, 3.8) is 0 Å². The SMILES string of the molecule is C=CCOc1ccccc1CN[C@@H](C)CC. The van der Waals surface area contributed by atoms with Crippen LogP contribution < -0.4 is 10.1 Å². The average Bonchev–Trinajstić information content (AvgIpc) is 2.34. The third kappa shape index (κ3) is 4.07. The van der Waals surface area contributed by atoms with E-state index in [1.165, 1.54) is 5.56 Å². The van der Waals surface area contributed by atoms with E-state index in [9.17, 15) is 0 Å². The smallest absolute Gasteiger partial charge is 0.124 e. The maximum Gasteiger partial charge on any atom is 0.124 e. The first-order valence-electron chi connectivity index (χ1n) is 5.83. The molecule has 1 atom stereocenters. The van der Waals surface area contributed by atoms with Crippen LogP contribution in [-0.4, -0.2) is 12.6 Å². The maximum absolute atomic E-state index is 5.59. The molecule has 0 aliphatic rings. The van der Waals surface area contributed by atoms with Crippen molar-refractivity contribution in [3.05, 3.63) is 42.5 Å². The van der Waals surface area contributed by atoms with Crippen molar-refractivity contribution in [2.45, 2.75) is 32.9 Å². The van der Waals surface area contributed by atoms with Crippen molar-refractivity contribution < 1.29 is 4.74 Å². The fourth-order valence-corrected chi connectivity index (χ4v) is 1.37. The number of rotatable bonds is 7. The van der Waals surface area contributed by atoms with Crippen LogP contribution in [0.3, 0.4) is 0 Å². The largest absolute Gasteiger partial charge is 0.489 e. The van der Waals surface area contributed by atoms with Crippen LogP contribution in [0.15, 0.2) is 36.9 Å². The molecule has 0 spiro atoms. The first-order chi connectivity index (χ1) is 7.77. The zero-order valence-electron chi connectivity index (χ0n) is 10.2. The molecule has 16 heavy (non-hydrogen) atoms. The molecule has 0 saturated carbocycles. The van der Waals surface area contributed by atoms with Crippen molar-refractivity contribution >= 4 is 0 Å². The lowest BCUT2D eigenvalue weighted by Gasteiger charge is -2.14. The van der Waals surface area contributed by atoms with Crippen molar-refractivity contribution in [3.8, 4) is 5.75 Å². The van der Waals surface area contributed by atoms with Crippen molar-refractivity contribution in [1.82, 2.24) is 5.32 Å². The lowest BCUT2D eigenvalue weighted by molar-refractivity contribution is 0.356. The third-order valence-corrected chi connectivity index (χ3v) is 2.58. The van der Waals surface area contributed by atoms with Crippen LogP contribution in [0.5, 0.6) is 5.75 Å². The molecule has 0 saturated heterocycles. The Balaban J connectivity index is 2.59. The van der Waals surface area contributed by atoms with Crippen LogP contribution in [0.2, 0.25) is 0 Å². The zero-order chi connectivity index (χ0) is 11.8. The van der Waals surface area contributed by atoms with E-state index in [1.54, 1.807) is 6.08 Å². The molecule has 1 N–H and O–H groups in total. The monoisotopic (exact) mass is 219 g/mol. The van der Waals surface area contributed by atoms with Gasteiger partial charge in [-0.15, -0.1) is 0 Å². The van der Waals surface area contributed by atoms with E-state index in [0.29, 0.717) is 12.6 Å². The molecule has 1 aromatic rings. The Morgan fingerprint density at radius 1 is 1.44 bits per heavy atom. The van der Waals surface area contributed by atoms with Gasteiger partial charge in [-0.05, 0) is 19.4 Å². The van der Waals surface area contributed by atoms with Gasteiger partial charge in [-0.1, -0.05) is 37.8 Å². The molecule has 0 aliphatic heterocycles. The van der Waals surface area contributed by atoms with Crippen LogP contribution >= 0.6 is 0 Å². The highest BCUT2D eigenvalue weighted by Gasteiger charge is 2.03. The Hall–Kier alpha value is -1.28. The van der Waals surface area contributed by atoms with Gasteiger partial charge in [-0.25, -0.2) is 0 Å². The molecule has 1 rings (SSSR count). The predicted molar refractivity (Wildman–Crippen MR) is 68.7 cm³/mol. The lowest BCUT2D eigenvalue weighted by Crippen LogP contribution is -2.24. The van der Waals surface area contributed by atoms with Crippen molar-refractivity contribution in [2.75, 3.05) is 6.61 Å². The van der Waals surface area contributed by atoms with Gasteiger partial charge in [0.05, 0.1) is 0 Å². The molecule has 0 bridgehead atoms. The summed E-state index contributed by atoms with van der Waals surface area (Å²) >= 11 is 0. The molecule has 0 aromatic heterocycles. The second-order valence-corrected chi connectivity index (χ2v) is 3.90. The second-order valence-electron chi connectivity index (χ2n) is 3.90. The minimum absolute atomic E-state index is 0.535. The summed E-state index contributed by atoms with van der Waals surface area (Å²) in [5.74, 6) is 0.943. The topological polar surface area (TPSA) is 21.3 Å².